The van der Waals surface area contributed by atoms with Crippen LogP contribution >= 0.6 is 0 Å². The largest absolute Gasteiger partial charge is 0.394 e. The summed E-state index contributed by atoms with van der Waals surface area (Å²) in [5, 5.41) is 9.56. The van der Waals surface area contributed by atoms with Gasteiger partial charge < -0.3 is 25.1 Å². The Hall–Kier alpha value is -1.95. The number of aliphatic hydroxyl groups excluding tert-OH is 1. The lowest BCUT2D eigenvalue weighted by Gasteiger charge is -2.25. The first kappa shape index (κ1) is 15.6. The maximum atomic E-state index is 12.0. The number of nitrogen functional groups attached to an aromatic ring is 1. The first-order valence-electron chi connectivity index (χ1n) is 7.46. The van der Waals surface area contributed by atoms with Gasteiger partial charge in [0.15, 0.2) is 31.0 Å². The lowest BCUT2D eigenvalue weighted by Crippen LogP contribution is -2.33. The van der Waals surface area contributed by atoms with Crippen molar-refractivity contribution in [3.8, 4) is 0 Å². The number of fused-ring (bicyclic) bond motifs is 2. The molecule has 2 aromatic rings. The Morgan fingerprint density at radius 2 is 2.08 bits per heavy atom. The number of imidazole rings is 1. The zero-order valence-electron chi connectivity index (χ0n) is 13.1. The Morgan fingerprint density at radius 3 is 2.79 bits per heavy atom. The maximum Gasteiger partial charge on any atom is 0.280 e. The summed E-state index contributed by atoms with van der Waals surface area (Å²) in [7, 11) is 5.97. The molecule has 126 valence electrons. The number of nitrogens with one attached hydrogen (secondary N) is 1. The molecule has 0 bridgehead atoms. The molecule has 4 rings (SSSR count). The van der Waals surface area contributed by atoms with Crippen LogP contribution in [0.2, 0.25) is 0 Å². The van der Waals surface area contributed by atoms with E-state index in [9.17, 15) is 9.90 Å². The molecule has 2 fully saturated rings. The van der Waals surface area contributed by atoms with Crippen molar-refractivity contribution in [2.24, 2.45) is 0 Å². The fourth-order valence-electron chi connectivity index (χ4n) is 3.28. The minimum atomic E-state index is -0.833. The standard InChI is InChI=1S/C13H16BN5O5/c1-13(2)23-6-4(3-20)22-10(7(6)24-13)19-8-5(16-11(19)14)9(21)18-12(15)17-8/h4,6-7,10,20H,3H2,1-2H3,(H3,15,17,18,21)/t4-,6-,7-,10-/m1/s1. The molecule has 2 saturated heterocycles. The van der Waals surface area contributed by atoms with Crippen molar-refractivity contribution in [3.05, 3.63) is 10.4 Å². The molecule has 2 aliphatic rings. The number of aliphatic hydroxyl groups is 1. The molecule has 24 heavy (non-hydrogen) atoms. The first-order chi connectivity index (χ1) is 11.3. The average molecular weight is 333 g/mol. The van der Waals surface area contributed by atoms with E-state index in [1.165, 1.54) is 4.57 Å². The summed E-state index contributed by atoms with van der Waals surface area (Å²) in [6, 6.07) is 0. The van der Waals surface area contributed by atoms with Gasteiger partial charge in [-0.05, 0) is 13.8 Å². The third-order valence-corrected chi connectivity index (χ3v) is 4.16. The van der Waals surface area contributed by atoms with Crippen LogP contribution in [0.4, 0.5) is 5.95 Å². The van der Waals surface area contributed by atoms with Crippen molar-refractivity contribution in [1.29, 1.82) is 0 Å². The van der Waals surface area contributed by atoms with E-state index in [4.69, 9.17) is 27.8 Å². The van der Waals surface area contributed by atoms with Crippen LogP contribution in [0.1, 0.15) is 20.1 Å². The summed E-state index contributed by atoms with van der Waals surface area (Å²) >= 11 is 0. The highest BCUT2D eigenvalue weighted by Gasteiger charge is 2.56. The molecule has 0 amide bonds. The number of nitrogens with two attached hydrogens (primary N) is 1. The van der Waals surface area contributed by atoms with Gasteiger partial charge in [-0.3, -0.25) is 14.3 Å². The summed E-state index contributed by atoms with van der Waals surface area (Å²) in [5.41, 5.74) is 5.38. The third kappa shape index (κ3) is 2.16. The molecule has 0 aromatic carbocycles. The van der Waals surface area contributed by atoms with Crippen molar-refractivity contribution in [2.75, 3.05) is 12.3 Å². The normalized spacial score (nSPS) is 31.6. The van der Waals surface area contributed by atoms with Gasteiger partial charge in [0.1, 0.15) is 18.3 Å². The minimum Gasteiger partial charge on any atom is -0.394 e. The molecule has 2 aliphatic heterocycles. The van der Waals surface area contributed by atoms with E-state index in [1.54, 1.807) is 13.8 Å². The lowest BCUT2D eigenvalue weighted by atomic mass is 10.1. The van der Waals surface area contributed by atoms with Crippen LogP contribution in [-0.2, 0) is 14.2 Å². The Labute approximate surface area is 137 Å². The van der Waals surface area contributed by atoms with Gasteiger partial charge in [0.05, 0.1) is 12.3 Å². The predicted octanol–water partition coefficient (Wildman–Crippen LogP) is -2.09. The molecule has 0 spiro atoms. The van der Waals surface area contributed by atoms with Crippen LogP contribution in [0.5, 0.6) is 0 Å². The topological polar surface area (TPSA) is 138 Å². The molecule has 0 unspecified atom stereocenters. The maximum absolute atomic E-state index is 12.0. The fraction of sp³-hybridized carbons (Fsp3) is 0.615. The zero-order chi connectivity index (χ0) is 17.2. The van der Waals surface area contributed by atoms with Crippen molar-refractivity contribution < 1.29 is 19.3 Å². The average Bonchev–Trinajstić information content (AvgIpc) is 3.07. The number of aromatic amines is 1. The number of nitrogens with zero attached hydrogens (tertiary/aromatic N) is 3. The van der Waals surface area contributed by atoms with Crippen LogP contribution in [0, 0.1) is 0 Å². The Morgan fingerprint density at radius 1 is 1.38 bits per heavy atom. The van der Waals surface area contributed by atoms with Crippen molar-refractivity contribution in [2.45, 2.75) is 44.2 Å². The van der Waals surface area contributed by atoms with E-state index in [1.807, 2.05) is 0 Å². The second-order valence-corrected chi connectivity index (χ2v) is 6.28. The molecule has 4 heterocycles. The van der Waals surface area contributed by atoms with E-state index < -0.39 is 35.9 Å². The second-order valence-electron chi connectivity index (χ2n) is 6.28. The highest BCUT2D eigenvalue weighted by Crippen LogP contribution is 2.43. The van der Waals surface area contributed by atoms with Crippen LogP contribution < -0.4 is 17.0 Å². The predicted molar refractivity (Wildman–Crippen MR) is 82.8 cm³/mol. The summed E-state index contributed by atoms with van der Waals surface area (Å²) in [4.78, 5) is 22.5. The van der Waals surface area contributed by atoms with Gasteiger partial charge in [0.25, 0.3) is 5.56 Å². The molecule has 2 radical (unpaired) electrons. The van der Waals surface area contributed by atoms with E-state index >= 15 is 0 Å². The molecule has 4 N–H and O–H groups in total. The van der Waals surface area contributed by atoms with Crippen molar-refractivity contribution >= 4 is 30.7 Å². The molecule has 0 saturated carbocycles. The van der Waals surface area contributed by atoms with E-state index in [-0.39, 0.29) is 29.4 Å². The summed E-state index contributed by atoms with van der Waals surface area (Å²) in [5.74, 6) is -0.898. The van der Waals surface area contributed by atoms with Crippen molar-refractivity contribution in [3.63, 3.8) is 0 Å². The van der Waals surface area contributed by atoms with E-state index in [2.05, 4.69) is 15.0 Å². The van der Waals surface area contributed by atoms with Gasteiger partial charge in [-0.1, -0.05) is 0 Å². The smallest absolute Gasteiger partial charge is 0.280 e. The number of rotatable bonds is 2. The third-order valence-electron chi connectivity index (χ3n) is 4.16. The summed E-state index contributed by atoms with van der Waals surface area (Å²) < 4.78 is 19.0. The highest BCUT2D eigenvalue weighted by molar-refractivity contribution is 6.30. The highest BCUT2D eigenvalue weighted by atomic mass is 16.8. The quantitative estimate of drug-likeness (QED) is 0.532. The Balaban J connectivity index is 1.86. The Kier molecular flexibility index (Phi) is 3.26. The van der Waals surface area contributed by atoms with Crippen molar-refractivity contribution in [1.82, 2.24) is 19.5 Å². The molecule has 10 nitrogen and oxygen atoms in total. The number of hydrogen-bond donors (Lipinski definition) is 3. The molecular weight excluding hydrogens is 317 g/mol. The molecule has 2 aromatic heterocycles. The molecule has 0 aliphatic carbocycles. The molecule has 4 atom stereocenters. The number of H-pyrrole nitrogens is 1. The van der Waals surface area contributed by atoms with Crippen LogP contribution in [0.15, 0.2) is 4.79 Å². The van der Waals surface area contributed by atoms with Crippen LogP contribution in [0.3, 0.4) is 0 Å². The molecule has 11 heteroatoms. The van der Waals surface area contributed by atoms with E-state index in [0.29, 0.717) is 0 Å². The first-order valence-corrected chi connectivity index (χ1v) is 7.46. The lowest BCUT2D eigenvalue weighted by molar-refractivity contribution is -0.199. The number of aromatic nitrogens is 4. The second kappa shape index (κ2) is 5.02. The van der Waals surface area contributed by atoms with Gasteiger partial charge in [0.2, 0.25) is 5.95 Å². The summed E-state index contributed by atoms with van der Waals surface area (Å²) in [6.07, 6.45) is -2.38. The van der Waals surface area contributed by atoms with Gasteiger partial charge >= 0.3 is 0 Å². The van der Waals surface area contributed by atoms with Crippen LogP contribution in [0.25, 0.3) is 11.2 Å². The van der Waals surface area contributed by atoms with Crippen LogP contribution in [-0.4, -0.2) is 63.2 Å². The Bertz CT molecular complexity index is 864. The fourth-order valence-corrected chi connectivity index (χ4v) is 3.28. The minimum absolute atomic E-state index is 0.0317. The van der Waals surface area contributed by atoms with E-state index in [0.717, 1.165) is 0 Å². The molecular formula is C13H16BN5O5. The number of ether oxygens (including phenoxy) is 3. The monoisotopic (exact) mass is 333 g/mol. The SMILES string of the molecule is [B]c1nc2c(=O)[nH]c(N)nc2n1[C@@H]1O[C@H](CO)[C@H]2OC(C)(C)O[C@H]21. The number of hydrogen-bond acceptors (Lipinski definition) is 8. The van der Waals surface area contributed by atoms with Gasteiger partial charge in [-0.25, -0.2) is 4.98 Å². The van der Waals surface area contributed by atoms with Gasteiger partial charge in [-0.15, -0.1) is 0 Å². The van der Waals surface area contributed by atoms with Gasteiger partial charge in [-0.2, -0.15) is 4.98 Å². The van der Waals surface area contributed by atoms with Gasteiger partial charge in [0, 0.05) is 0 Å². The summed E-state index contributed by atoms with van der Waals surface area (Å²) in [6.45, 7) is 3.29. The number of anilines is 1. The zero-order valence-corrected chi connectivity index (χ0v) is 13.1.